The smallest absolute Gasteiger partial charge is 0.257 e. The number of hydrogen-bond acceptors (Lipinski definition) is 2. The Kier molecular flexibility index (Phi) is 4.66. The molecule has 0 fully saturated rings. The summed E-state index contributed by atoms with van der Waals surface area (Å²) in [5.41, 5.74) is 3.76. The van der Waals surface area contributed by atoms with Crippen molar-refractivity contribution in [3.05, 3.63) is 76.6 Å². The molecule has 29 heavy (non-hydrogen) atoms. The number of anilines is 2. The molecule has 148 valence electrons. The van der Waals surface area contributed by atoms with Crippen LogP contribution < -0.4 is 10.6 Å². The minimum absolute atomic E-state index is 0.00235. The Balaban J connectivity index is 1.65. The molecule has 1 aliphatic heterocycles. The minimum atomic E-state index is -0.555. The second-order valence-electron chi connectivity index (χ2n) is 7.09. The van der Waals surface area contributed by atoms with E-state index in [1.54, 1.807) is 25.1 Å². The lowest BCUT2D eigenvalue weighted by molar-refractivity contribution is -0.116. The largest absolute Gasteiger partial charge is 0.326 e. The molecule has 0 bridgehead atoms. The molecule has 0 unspecified atom stereocenters. The molecule has 0 spiro atoms. The Morgan fingerprint density at radius 1 is 1.07 bits per heavy atom. The molecule has 2 amide bonds. The fraction of sp³-hybridized carbons (Fsp3) is 0.182. The lowest BCUT2D eigenvalue weighted by atomic mass is 10.0. The maximum absolute atomic E-state index is 14.5. The molecule has 0 aliphatic carbocycles. The summed E-state index contributed by atoms with van der Waals surface area (Å²) in [5.74, 6) is -1.50. The van der Waals surface area contributed by atoms with Gasteiger partial charge < -0.3 is 15.2 Å². The summed E-state index contributed by atoms with van der Waals surface area (Å²) in [7, 11) is 0. The van der Waals surface area contributed by atoms with E-state index in [-0.39, 0.29) is 17.4 Å². The van der Waals surface area contributed by atoms with E-state index in [2.05, 4.69) is 10.6 Å². The third-order valence-corrected chi connectivity index (χ3v) is 5.10. The van der Waals surface area contributed by atoms with E-state index in [4.69, 9.17) is 0 Å². The van der Waals surface area contributed by atoms with Gasteiger partial charge in [0.25, 0.3) is 5.91 Å². The molecule has 4 rings (SSSR count). The second-order valence-corrected chi connectivity index (χ2v) is 7.09. The first-order chi connectivity index (χ1) is 13.8. The van der Waals surface area contributed by atoms with Crippen molar-refractivity contribution in [1.82, 2.24) is 4.57 Å². The van der Waals surface area contributed by atoms with Gasteiger partial charge in [-0.05, 0) is 68.3 Å². The number of amides is 2. The van der Waals surface area contributed by atoms with Gasteiger partial charge in [0.15, 0.2) is 0 Å². The number of halogens is 2. The number of hydrogen-bond donors (Lipinski definition) is 2. The van der Waals surface area contributed by atoms with E-state index in [1.165, 1.54) is 24.3 Å². The summed E-state index contributed by atoms with van der Waals surface area (Å²) in [6.07, 6.45) is 0.776. The van der Waals surface area contributed by atoms with Crippen molar-refractivity contribution in [3.63, 3.8) is 0 Å². The third-order valence-electron chi connectivity index (χ3n) is 5.10. The van der Waals surface area contributed by atoms with Crippen LogP contribution in [0.3, 0.4) is 0 Å². The van der Waals surface area contributed by atoms with E-state index < -0.39 is 11.7 Å². The highest BCUT2D eigenvalue weighted by Crippen LogP contribution is 2.29. The molecule has 2 aromatic carbocycles. The predicted molar refractivity (Wildman–Crippen MR) is 107 cm³/mol. The average molecular weight is 395 g/mol. The molecule has 3 aromatic rings. The molecular formula is C22H19F2N3O2. The van der Waals surface area contributed by atoms with Crippen molar-refractivity contribution in [3.8, 4) is 5.69 Å². The van der Waals surface area contributed by atoms with Crippen molar-refractivity contribution in [2.75, 3.05) is 10.6 Å². The normalized spacial score (nSPS) is 13.0. The van der Waals surface area contributed by atoms with Gasteiger partial charge in [0.1, 0.15) is 11.6 Å². The van der Waals surface area contributed by atoms with Gasteiger partial charge in [0.2, 0.25) is 5.91 Å². The van der Waals surface area contributed by atoms with Gasteiger partial charge in [-0.25, -0.2) is 8.78 Å². The number of fused-ring (bicyclic) bond motifs is 1. The van der Waals surface area contributed by atoms with E-state index in [0.717, 1.165) is 11.4 Å². The number of nitrogens with one attached hydrogen (secondary N) is 2. The zero-order chi connectivity index (χ0) is 20.7. The second kappa shape index (κ2) is 7.16. The fourth-order valence-electron chi connectivity index (χ4n) is 3.66. The maximum atomic E-state index is 14.5. The van der Waals surface area contributed by atoms with Crippen LogP contribution >= 0.6 is 0 Å². The van der Waals surface area contributed by atoms with E-state index in [1.807, 2.05) is 11.5 Å². The molecule has 5 nitrogen and oxygen atoms in total. The first-order valence-corrected chi connectivity index (χ1v) is 9.22. The average Bonchev–Trinajstić information content (AvgIpc) is 2.98. The third kappa shape index (κ3) is 3.51. The first-order valence-electron chi connectivity index (χ1n) is 9.22. The lowest BCUT2D eigenvalue weighted by Gasteiger charge is -2.18. The van der Waals surface area contributed by atoms with Gasteiger partial charge >= 0.3 is 0 Å². The van der Waals surface area contributed by atoms with Crippen LogP contribution in [0.5, 0.6) is 0 Å². The monoisotopic (exact) mass is 395 g/mol. The standard InChI is InChI=1S/C22H19F2N3O2/c1-12-9-17(13(2)27(12)16-6-4-15(23)5-7-16)22(29)26-20-11-19-14(10-18(20)24)3-8-21(28)25-19/h4-7,9-11H,3,8H2,1-2H3,(H,25,28)(H,26,29). The Morgan fingerprint density at radius 2 is 1.79 bits per heavy atom. The van der Waals surface area contributed by atoms with Crippen molar-refractivity contribution in [2.45, 2.75) is 26.7 Å². The van der Waals surface area contributed by atoms with Gasteiger partial charge in [-0.1, -0.05) is 0 Å². The Bertz CT molecular complexity index is 1130. The first kappa shape index (κ1) is 18.9. The summed E-state index contributed by atoms with van der Waals surface area (Å²) in [4.78, 5) is 24.4. The Hall–Kier alpha value is -3.48. The number of carbonyl (C=O) groups excluding carboxylic acids is 2. The van der Waals surface area contributed by atoms with Crippen molar-refractivity contribution < 1.29 is 18.4 Å². The van der Waals surface area contributed by atoms with E-state index >= 15 is 0 Å². The van der Waals surface area contributed by atoms with Crippen LogP contribution in [0.4, 0.5) is 20.2 Å². The van der Waals surface area contributed by atoms with Crippen LogP contribution in [-0.2, 0) is 11.2 Å². The summed E-state index contributed by atoms with van der Waals surface area (Å²) >= 11 is 0. The maximum Gasteiger partial charge on any atom is 0.257 e. The zero-order valence-corrected chi connectivity index (χ0v) is 16.0. The molecule has 7 heteroatoms. The predicted octanol–water partition coefficient (Wildman–Crippen LogP) is 4.51. The van der Waals surface area contributed by atoms with Crippen molar-refractivity contribution >= 4 is 23.2 Å². The number of aromatic nitrogens is 1. The number of rotatable bonds is 3. The number of benzene rings is 2. The molecule has 2 heterocycles. The Morgan fingerprint density at radius 3 is 2.52 bits per heavy atom. The van der Waals surface area contributed by atoms with E-state index in [9.17, 15) is 18.4 Å². The lowest BCUT2D eigenvalue weighted by Crippen LogP contribution is -2.20. The van der Waals surface area contributed by atoms with Gasteiger partial charge in [-0.15, -0.1) is 0 Å². The molecule has 0 saturated heterocycles. The Labute approximate surface area is 166 Å². The highest BCUT2D eigenvalue weighted by molar-refractivity contribution is 6.06. The zero-order valence-electron chi connectivity index (χ0n) is 16.0. The van der Waals surface area contributed by atoms with Gasteiger partial charge in [0.05, 0.1) is 11.3 Å². The molecule has 1 aromatic heterocycles. The van der Waals surface area contributed by atoms with Gasteiger partial charge in [0, 0.05) is 29.2 Å². The van der Waals surface area contributed by atoms with Crippen LogP contribution in [0.2, 0.25) is 0 Å². The van der Waals surface area contributed by atoms with Gasteiger partial charge in [-0.3, -0.25) is 9.59 Å². The van der Waals surface area contributed by atoms with Crippen LogP contribution in [0.1, 0.15) is 33.7 Å². The van der Waals surface area contributed by atoms with E-state index in [0.29, 0.717) is 35.3 Å². The molecule has 1 aliphatic rings. The summed E-state index contributed by atoms with van der Waals surface area (Å²) in [6, 6.07) is 10.4. The molecule has 2 N–H and O–H groups in total. The highest BCUT2D eigenvalue weighted by Gasteiger charge is 2.21. The quantitative estimate of drug-likeness (QED) is 0.685. The number of aryl methyl sites for hydroxylation is 2. The minimum Gasteiger partial charge on any atom is -0.326 e. The summed E-state index contributed by atoms with van der Waals surface area (Å²) in [6.45, 7) is 3.61. The van der Waals surface area contributed by atoms with Crippen LogP contribution in [-0.4, -0.2) is 16.4 Å². The van der Waals surface area contributed by atoms with Gasteiger partial charge in [-0.2, -0.15) is 0 Å². The fourth-order valence-corrected chi connectivity index (χ4v) is 3.66. The number of carbonyl (C=O) groups is 2. The van der Waals surface area contributed by atoms with Crippen molar-refractivity contribution in [1.29, 1.82) is 0 Å². The highest BCUT2D eigenvalue weighted by atomic mass is 19.1. The van der Waals surface area contributed by atoms with Crippen LogP contribution in [0.15, 0.2) is 42.5 Å². The topological polar surface area (TPSA) is 63.1 Å². The summed E-state index contributed by atoms with van der Waals surface area (Å²) in [5, 5.41) is 5.29. The molecule has 0 radical (unpaired) electrons. The molecular weight excluding hydrogens is 376 g/mol. The SMILES string of the molecule is Cc1cc(C(=O)Nc2cc3c(cc2F)CCC(=O)N3)c(C)n1-c1ccc(F)cc1. The molecule has 0 atom stereocenters. The number of nitrogens with zero attached hydrogens (tertiary/aromatic N) is 1. The van der Waals surface area contributed by atoms with Crippen LogP contribution in [0.25, 0.3) is 5.69 Å². The molecule has 0 saturated carbocycles. The summed E-state index contributed by atoms with van der Waals surface area (Å²) < 4.78 is 29.5. The van der Waals surface area contributed by atoms with Crippen molar-refractivity contribution in [2.24, 2.45) is 0 Å². The van der Waals surface area contributed by atoms with Crippen LogP contribution in [0, 0.1) is 25.5 Å².